The highest BCUT2D eigenvalue weighted by Crippen LogP contribution is 2.33. The first-order chi connectivity index (χ1) is 15.0. The molecule has 0 radical (unpaired) electrons. The maximum atomic E-state index is 14.4. The molecular weight excluding hydrogens is 469 g/mol. The molecule has 0 aliphatic carbocycles. The lowest BCUT2D eigenvalue weighted by molar-refractivity contribution is 0.132. The second-order valence-corrected chi connectivity index (χ2v) is 7.84. The van der Waals surface area contributed by atoms with Crippen LogP contribution in [0.2, 0.25) is 0 Å². The van der Waals surface area contributed by atoms with Gasteiger partial charge in [0.1, 0.15) is 0 Å². The first kappa shape index (κ1) is 21.0. The average Bonchev–Trinajstić information content (AvgIpc) is 2.78. The highest BCUT2D eigenvalue weighted by Gasteiger charge is 2.24. The standard InChI is InChI=1S/C21H19BrFN5O3/c22-15-6-1-7-17(18(15)23)31-19-14(5-2-9-24-19)16-8-10-25-20(27-16)26-13-4-3-11-28(12-13)21(29)30/h1-2,5-10,13H,3-4,11-12H2,(H,29,30)(H,25,26,27). The number of halogens is 2. The smallest absolute Gasteiger partial charge is 0.407 e. The summed E-state index contributed by atoms with van der Waals surface area (Å²) < 4.78 is 20.4. The SMILES string of the molecule is O=C(O)N1CCCC(Nc2nccc(-c3cccnc3Oc3cccc(Br)c3F)n2)C1. The number of likely N-dealkylation sites (tertiary alicyclic amines) is 1. The number of rotatable bonds is 5. The number of nitrogens with one attached hydrogen (secondary N) is 1. The summed E-state index contributed by atoms with van der Waals surface area (Å²) in [6.45, 7) is 0.892. The molecule has 1 aliphatic heterocycles. The number of anilines is 1. The summed E-state index contributed by atoms with van der Waals surface area (Å²) in [7, 11) is 0. The molecule has 1 amide bonds. The molecule has 1 aromatic carbocycles. The van der Waals surface area contributed by atoms with Gasteiger partial charge in [0.05, 0.1) is 15.7 Å². The molecule has 0 bridgehead atoms. The van der Waals surface area contributed by atoms with Crippen molar-refractivity contribution in [2.24, 2.45) is 0 Å². The lowest BCUT2D eigenvalue weighted by atomic mass is 10.1. The van der Waals surface area contributed by atoms with Crippen LogP contribution in [0.15, 0.2) is 53.3 Å². The number of hydrogen-bond acceptors (Lipinski definition) is 6. The summed E-state index contributed by atoms with van der Waals surface area (Å²) in [5.74, 6) is 0.0965. The van der Waals surface area contributed by atoms with Crippen LogP contribution in [0.1, 0.15) is 12.8 Å². The van der Waals surface area contributed by atoms with Crippen molar-refractivity contribution in [3.8, 4) is 22.9 Å². The molecule has 31 heavy (non-hydrogen) atoms. The zero-order chi connectivity index (χ0) is 21.8. The van der Waals surface area contributed by atoms with E-state index in [9.17, 15) is 14.3 Å². The third kappa shape index (κ3) is 4.91. The van der Waals surface area contributed by atoms with Crippen LogP contribution in [0.4, 0.5) is 15.1 Å². The topological polar surface area (TPSA) is 100 Å². The van der Waals surface area contributed by atoms with Gasteiger partial charge >= 0.3 is 6.09 Å². The summed E-state index contributed by atoms with van der Waals surface area (Å²) in [5.41, 5.74) is 1.12. The maximum absolute atomic E-state index is 14.4. The predicted octanol–water partition coefficient (Wildman–Crippen LogP) is 4.79. The average molecular weight is 488 g/mol. The second kappa shape index (κ2) is 9.25. The van der Waals surface area contributed by atoms with Gasteiger partial charge in [0, 0.05) is 31.5 Å². The van der Waals surface area contributed by atoms with Crippen molar-refractivity contribution in [2.45, 2.75) is 18.9 Å². The van der Waals surface area contributed by atoms with E-state index in [1.165, 1.54) is 11.0 Å². The van der Waals surface area contributed by atoms with Crippen molar-refractivity contribution in [2.75, 3.05) is 18.4 Å². The van der Waals surface area contributed by atoms with Crippen molar-refractivity contribution >= 4 is 28.0 Å². The van der Waals surface area contributed by atoms with E-state index < -0.39 is 11.9 Å². The fourth-order valence-electron chi connectivity index (χ4n) is 3.36. The van der Waals surface area contributed by atoms with Gasteiger partial charge < -0.3 is 20.1 Å². The molecule has 3 aromatic rings. The van der Waals surface area contributed by atoms with Gasteiger partial charge in [0.15, 0.2) is 11.6 Å². The molecule has 2 aromatic heterocycles. The summed E-state index contributed by atoms with van der Waals surface area (Å²) in [6.07, 6.45) is 3.80. The van der Waals surface area contributed by atoms with Crippen LogP contribution in [0, 0.1) is 5.82 Å². The second-order valence-electron chi connectivity index (χ2n) is 6.99. The Bertz CT molecular complexity index is 1100. The Kier molecular flexibility index (Phi) is 6.26. The van der Waals surface area contributed by atoms with Gasteiger partial charge in [-0.1, -0.05) is 6.07 Å². The number of carboxylic acid groups (broad SMARTS) is 1. The molecule has 3 heterocycles. The van der Waals surface area contributed by atoms with Gasteiger partial charge in [0.25, 0.3) is 0 Å². The van der Waals surface area contributed by atoms with Gasteiger partial charge in [-0.2, -0.15) is 0 Å². The Morgan fingerprint density at radius 2 is 2.10 bits per heavy atom. The first-order valence-corrected chi connectivity index (χ1v) is 10.5. The van der Waals surface area contributed by atoms with Crippen LogP contribution in [0.3, 0.4) is 0 Å². The van der Waals surface area contributed by atoms with Crippen molar-refractivity contribution in [3.63, 3.8) is 0 Å². The van der Waals surface area contributed by atoms with E-state index in [-0.39, 0.29) is 17.7 Å². The lowest BCUT2D eigenvalue weighted by Crippen LogP contribution is -2.44. The lowest BCUT2D eigenvalue weighted by Gasteiger charge is -2.31. The van der Waals surface area contributed by atoms with E-state index in [1.807, 2.05) is 0 Å². The monoisotopic (exact) mass is 487 g/mol. The molecule has 4 rings (SSSR count). The number of nitrogens with zero attached hydrogens (tertiary/aromatic N) is 4. The molecule has 0 saturated carbocycles. The van der Waals surface area contributed by atoms with E-state index in [0.29, 0.717) is 34.8 Å². The third-order valence-corrected chi connectivity index (χ3v) is 5.46. The molecule has 1 fully saturated rings. The number of carbonyl (C=O) groups is 1. The van der Waals surface area contributed by atoms with Crippen LogP contribution in [0.25, 0.3) is 11.3 Å². The van der Waals surface area contributed by atoms with Crippen molar-refractivity contribution in [3.05, 3.63) is 59.1 Å². The summed E-state index contributed by atoms with van der Waals surface area (Å²) in [6, 6.07) is 9.90. The molecular formula is C21H19BrFN5O3. The van der Waals surface area contributed by atoms with E-state index in [4.69, 9.17) is 4.74 Å². The third-order valence-electron chi connectivity index (χ3n) is 4.85. The number of piperidine rings is 1. The Labute approximate surface area is 186 Å². The van der Waals surface area contributed by atoms with Gasteiger partial charge in [0.2, 0.25) is 11.8 Å². The summed E-state index contributed by atoms with van der Waals surface area (Å²) in [5, 5.41) is 12.4. The van der Waals surface area contributed by atoms with Gasteiger partial charge in [-0.25, -0.2) is 24.1 Å². The largest absolute Gasteiger partial charge is 0.465 e. The molecule has 1 atom stereocenters. The highest BCUT2D eigenvalue weighted by molar-refractivity contribution is 9.10. The van der Waals surface area contributed by atoms with E-state index in [0.717, 1.165) is 12.8 Å². The van der Waals surface area contributed by atoms with Crippen LogP contribution < -0.4 is 10.1 Å². The minimum Gasteiger partial charge on any atom is -0.465 e. The van der Waals surface area contributed by atoms with Crippen LogP contribution in [-0.2, 0) is 0 Å². The molecule has 0 spiro atoms. The molecule has 160 valence electrons. The number of pyridine rings is 1. The van der Waals surface area contributed by atoms with E-state index >= 15 is 0 Å². The fraction of sp³-hybridized carbons (Fsp3) is 0.238. The van der Waals surface area contributed by atoms with Gasteiger partial charge in [-0.3, -0.25) is 0 Å². The molecule has 8 nitrogen and oxygen atoms in total. The molecule has 1 saturated heterocycles. The predicted molar refractivity (Wildman–Crippen MR) is 116 cm³/mol. The molecule has 1 aliphatic rings. The fourth-order valence-corrected chi connectivity index (χ4v) is 3.71. The van der Waals surface area contributed by atoms with Gasteiger partial charge in [-0.15, -0.1) is 0 Å². The first-order valence-electron chi connectivity index (χ1n) is 9.66. The van der Waals surface area contributed by atoms with E-state index in [1.54, 1.807) is 42.7 Å². The number of benzene rings is 1. The Morgan fingerprint density at radius 1 is 1.23 bits per heavy atom. The normalized spacial score (nSPS) is 16.1. The van der Waals surface area contributed by atoms with Crippen LogP contribution in [0.5, 0.6) is 11.6 Å². The Balaban J connectivity index is 1.57. The zero-order valence-electron chi connectivity index (χ0n) is 16.3. The van der Waals surface area contributed by atoms with Crippen LogP contribution >= 0.6 is 15.9 Å². The number of aromatic nitrogens is 3. The number of hydrogen-bond donors (Lipinski definition) is 2. The van der Waals surface area contributed by atoms with Crippen molar-refractivity contribution < 1.29 is 19.0 Å². The maximum Gasteiger partial charge on any atom is 0.407 e. The van der Waals surface area contributed by atoms with E-state index in [2.05, 4.69) is 36.2 Å². The van der Waals surface area contributed by atoms with Crippen molar-refractivity contribution in [1.29, 1.82) is 0 Å². The zero-order valence-corrected chi connectivity index (χ0v) is 17.9. The number of ether oxygens (including phenoxy) is 1. The van der Waals surface area contributed by atoms with Crippen LogP contribution in [-0.4, -0.2) is 50.2 Å². The summed E-state index contributed by atoms with van der Waals surface area (Å²) in [4.78, 5) is 25.6. The summed E-state index contributed by atoms with van der Waals surface area (Å²) >= 11 is 3.15. The minimum absolute atomic E-state index is 0.0395. The Morgan fingerprint density at radius 3 is 2.94 bits per heavy atom. The molecule has 2 N–H and O–H groups in total. The molecule has 10 heteroatoms. The number of amides is 1. The van der Waals surface area contributed by atoms with Gasteiger partial charge in [-0.05, 0) is 59.1 Å². The quantitative estimate of drug-likeness (QED) is 0.533. The molecule has 1 unspecified atom stereocenters. The van der Waals surface area contributed by atoms with Crippen molar-refractivity contribution in [1.82, 2.24) is 19.9 Å². The highest BCUT2D eigenvalue weighted by atomic mass is 79.9. The Hall–Kier alpha value is -3.27. The minimum atomic E-state index is -0.932.